The Morgan fingerprint density at radius 1 is 1.06 bits per heavy atom. The fourth-order valence-corrected chi connectivity index (χ4v) is 3.76. The van der Waals surface area contributed by atoms with Gasteiger partial charge in [-0.15, -0.1) is 0 Å². The number of aromatic nitrogens is 2. The lowest BCUT2D eigenvalue weighted by atomic mass is 10.1. The molecule has 0 bridgehead atoms. The minimum atomic E-state index is -0.659. The lowest BCUT2D eigenvalue weighted by molar-refractivity contribution is 0.0940. The minimum absolute atomic E-state index is 0.127. The van der Waals surface area contributed by atoms with E-state index in [-0.39, 0.29) is 24.1 Å². The van der Waals surface area contributed by atoms with Crippen molar-refractivity contribution in [3.8, 4) is 11.6 Å². The number of halogens is 1. The van der Waals surface area contributed by atoms with Gasteiger partial charge < -0.3 is 15.5 Å². The maximum Gasteiger partial charge on any atom is 0.274 e. The van der Waals surface area contributed by atoms with Crippen LogP contribution < -0.4 is 5.32 Å². The van der Waals surface area contributed by atoms with Crippen LogP contribution in [-0.2, 0) is 13.1 Å². The Kier molecular flexibility index (Phi) is 6.08. The second-order valence-electron chi connectivity index (χ2n) is 7.53. The molecule has 3 aromatic rings. The smallest absolute Gasteiger partial charge is 0.274 e. The highest BCUT2D eigenvalue weighted by atomic mass is 19.1. The van der Waals surface area contributed by atoms with Crippen molar-refractivity contribution in [3.63, 3.8) is 0 Å². The molecule has 0 spiro atoms. The highest BCUT2D eigenvalue weighted by Gasteiger charge is 2.31. The van der Waals surface area contributed by atoms with Crippen molar-refractivity contribution in [2.75, 3.05) is 6.54 Å². The second kappa shape index (κ2) is 9.09. The quantitative estimate of drug-likeness (QED) is 0.564. The number of rotatable bonds is 6. The van der Waals surface area contributed by atoms with Crippen molar-refractivity contribution < 1.29 is 19.4 Å². The van der Waals surface area contributed by atoms with Gasteiger partial charge in [0.05, 0.1) is 6.04 Å². The molecule has 0 aliphatic carbocycles. The molecule has 8 heteroatoms. The van der Waals surface area contributed by atoms with E-state index in [0.717, 1.165) is 24.9 Å². The molecule has 31 heavy (non-hydrogen) atoms. The van der Waals surface area contributed by atoms with Gasteiger partial charge in [-0.05, 0) is 42.6 Å². The molecule has 1 aliphatic heterocycles. The SMILES string of the molecule is O=C(NCc1ccc(F)cc1)c1nc(C2CCCN2Cc2ccccc2)nc(O)c1O. The summed E-state index contributed by atoms with van der Waals surface area (Å²) in [4.78, 5) is 23.2. The summed E-state index contributed by atoms with van der Waals surface area (Å²) in [6.45, 7) is 1.67. The zero-order valence-corrected chi connectivity index (χ0v) is 16.8. The molecular weight excluding hydrogens is 399 g/mol. The summed E-state index contributed by atoms with van der Waals surface area (Å²) in [5.41, 5.74) is 1.56. The fraction of sp³-hybridized carbons (Fsp3) is 0.261. The molecular formula is C23H23FN4O3. The van der Waals surface area contributed by atoms with E-state index in [4.69, 9.17) is 0 Å². The normalized spacial score (nSPS) is 16.4. The van der Waals surface area contributed by atoms with Gasteiger partial charge >= 0.3 is 0 Å². The third-order valence-corrected chi connectivity index (χ3v) is 5.35. The van der Waals surface area contributed by atoms with E-state index in [2.05, 4.69) is 20.2 Å². The zero-order valence-electron chi connectivity index (χ0n) is 16.8. The molecule has 1 aromatic heterocycles. The van der Waals surface area contributed by atoms with E-state index < -0.39 is 17.5 Å². The van der Waals surface area contributed by atoms with Crippen molar-refractivity contribution in [2.24, 2.45) is 0 Å². The number of likely N-dealkylation sites (tertiary alicyclic amines) is 1. The Balaban J connectivity index is 1.52. The highest BCUT2D eigenvalue weighted by Crippen LogP contribution is 2.34. The van der Waals surface area contributed by atoms with Gasteiger partial charge in [-0.1, -0.05) is 42.5 Å². The minimum Gasteiger partial charge on any atom is -0.501 e. The van der Waals surface area contributed by atoms with Gasteiger partial charge in [0.15, 0.2) is 11.5 Å². The van der Waals surface area contributed by atoms with Gasteiger partial charge in [0, 0.05) is 13.1 Å². The Labute approximate surface area is 179 Å². The third kappa shape index (κ3) is 4.80. The van der Waals surface area contributed by atoms with Crippen molar-refractivity contribution in [3.05, 3.63) is 83.1 Å². The Hall–Kier alpha value is -3.52. The van der Waals surface area contributed by atoms with Crippen LogP contribution in [0, 0.1) is 5.82 Å². The van der Waals surface area contributed by atoms with Gasteiger partial charge in [-0.25, -0.2) is 9.37 Å². The molecule has 160 valence electrons. The molecule has 1 amide bonds. The van der Waals surface area contributed by atoms with E-state index in [1.54, 1.807) is 12.1 Å². The summed E-state index contributed by atoms with van der Waals surface area (Å²) < 4.78 is 13.0. The summed E-state index contributed by atoms with van der Waals surface area (Å²) in [5, 5.41) is 22.9. The van der Waals surface area contributed by atoms with Crippen LogP contribution in [0.5, 0.6) is 11.6 Å². The Morgan fingerprint density at radius 2 is 1.81 bits per heavy atom. The predicted molar refractivity (Wildman–Crippen MR) is 112 cm³/mol. The van der Waals surface area contributed by atoms with Crippen LogP contribution in [0.2, 0.25) is 0 Å². The standard InChI is InChI=1S/C23H23FN4O3/c24-17-10-8-15(9-11-17)13-25-22(30)19-20(29)23(31)27-21(26-19)18-7-4-12-28(18)14-16-5-2-1-3-6-16/h1-3,5-6,8-11,18,29H,4,7,12-14H2,(H,25,30)(H,26,27,31). The van der Waals surface area contributed by atoms with Crippen LogP contribution in [0.4, 0.5) is 4.39 Å². The molecule has 0 radical (unpaired) electrons. The molecule has 1 atom stereocenters. The summed E-state index contributed by atoms with van der Waals surface area (Å²) in [7, 11) is 0. The van der Waals surface area contributed by atoms with Crippen molar-refractivity contribution in [2.45, 2.75) is 32.0 Å². The molecule has 3 N–H and O–H groups in total. The maximum atomic E-state index is 13.0. The number of aromatic hydroxyl groups is 2. The van der Waals surface area contributed by atoms with E-state index >= 15 is 0 Å². The van der Waals surface area contributed by atoms with E-state index in [1.807, 2.05) is 30.3 Å². The number of carbonyl (C=O) groups is 1. The first-order valence-electron chi connectivity index (χ1n) is 10.1. The topological polar surface area (TPSA) is 98.6 Å². The number of benzene rings is 2. The summed E-state index contributed by atoms with van der Waals surface area (Å²) >= 11 is 0. The summed E-state index contributed by atoms with van der Waals surface area (Å²) in [5.74, 6) is -1.99. The lowest BCUT2D eigenvalue weighted by Gasteiger charge is -2.24. The van der Waals surface area contributed by atoms with E-state index in [9.17, 15) is 19.4 Å². The van der Waals surface area contributed by atoms with Crippen molar-refractivity contribution in [1.82, 2.24) is 20.2 Å². The number of carbonyl (C=O) groups excluding carboxylic acids is 1. The molecule has 1 unspecified atom stereocenters. The first kappa shape index (κ1) is 20.7. The number of hydrogen-bond acceptors (Lipinski definition) is 6. The third-order valence-electron chi connectivity index (χ3n) is 5.35. The highest BCUT2D eigenvalue weighted by molar-refractivity contribution is 5.95. The summed E-state index contributed by atoms with van der Waals surface area (Å²) in [6.07, 6.45) is 1.72. The predicted octanol–water partition coefficient (Wildman–Crippen LogP) is 3.29. The number of nitrogens with zero attached hydrogens (tertiary/aromatic N) is 3. The first-order chi connectivity index (χ1) is 15.0. The van der Waals surface area contributed by atoms with Crippen LogP contribution in [0.3, 0.4) is 0 Å². The number of hydrogen-bond donors (Lipinski definition) is 3. The molecule has 4 rings (SSSR count). The molecule has 1 aliphatic rings. The fourth-order valence-electron chi connectivity index (χ4n) is 3.76. The van der Waals surface area contributed by atoms with Gasteiger partial charge in [-0.2, -0.15) is 4.98 Å². The van der Waals surface area contributed by atoms with Crippen LogP contribution >= 0.6 is 0 Å². The molecule has 2 heterocycles. The van der Waals surface area contributed by atoms with Crippen LogP contribution in [0.15, 0.2) is 54.6 Å². The van der Waals surface area contributed by atoms with Crippen LogP contribution in [0.1, 0.15) is 46.3 Å². The maximum absolute atomic E-state index is 13.0. The molecule has 7 nitrogen and oxygen atoms in total. The second-order valence-corrected chi connectivity index (χ2v) is 7.53. The number of amides is 1. The van der Waals surface area contributed by atoms with Gasteiger partial charge in [0.25, 0.3) is 11.8 Å². The molecule has 1 saturated heterocycles. The Morgan fingerprint density at radius 3 is 2.55 bits per heavy atom. The van der Waals surface area contributed by atoms with E-state index in [1.165, 1.54) is 12.1 Å². The Bertz CT molecular complexity index is 1060. The monoisotopic (exact) mass is 422 g/mol. The molecule has 1 fully saturated rings. The van der Waals surface area contributed by atoms with Gasteiger partial charge in [0.2, 0.25) is 5.75 Å². The molecule has 0 saturated carbocycles. The number of nitrogens with one attached hydrogen (secondary N) is 1. The van der Waals surface area contributed by atoms with Crippen molar-refractivity contribution in [1.29, 1.82) is 0 Å². The zero-order chi connectivity index (χ0) is 21.8. The van der Waals surface area contributed by atoms with Crippen LogP contribution in [0.25, 0.3) is 0 Å². The average molecular weight is 422 g/mol. The van der Waals surface area contributed by atoms with Gasteiger partial charge in [0.1, 0.15) is 5.82 Å². The van der Waals surface area contributed by atoms with Crippen molar-refractivity contribution >= 4 is 5.91 Å². The molecule has 2 aromatic carbocycles. The first-order valence-corrected chi connectivity index (χ1v) is 10.1. The largest absolute Gasteiger partial charge is 0.501 e. The summed E-state index contributed by atoms with van der Waals surface area (Å²) in [6, 6.07) is 15.5. The van der Waals surface area contributed by atoms with Crippen LogP contribution in [-0.4, -0.2) is 37.5 Å². The average Bonchev–Trinajstić information content (AvgIpc) is 3.23. The van der Waals surface area contributed by atoms with Gasteiger partial charge in [-0.3, -0.25) is 9.69 Å². The lowest BCUT2D eigenvalue weighted by Crippen LogP contribution is -2.27. The van der Waals surface area contributed by atoms with E-state index in [0.29, 0.717) is 17.9 Å².